The molecule has 0 spiro atoms. The van der Waals surface area contributed by atoms with Gasteiger partial charge in [-0.25, -0.2) is 5.53 Å². The molecule has 0 aromatic heterocycles. The summed E-state index contributed by atoms with van der Waals surface area (Å²) in [6, 6.07) is 0. The molecule has 1 N–H and O–H groups in total. The first-order valence-corrected chi connectivity index (χ1v) is 8.08. The molecule has 0 radical (unpaired) electrons. The lowest BCUT2D eigenvalue weighted by molar-refractivity contribution is 0.637. The Morgan fingerprint density at radius 1 is 1.12 bits per heavy atom. The number of hydrogen-bond acceptors (Lipinski definition) is 4. The van der Waals surface area contributed by atoms with Gasteiger partial charge in [0.05, 0.1) is 6.54 Å². The fourth-order valence-electron chi connectivity index (χ4n) is 1.67. The van der Waals surface area contributed by atoms with Crippen LogP contribution in [0, 0.1) is 5.53 Å². The third kappa shape index (κ3) is 11.9. The smallest absolute Gasteiger partial charge is 0.0974 e. The topological polar surface area (TPSA) is 48.6 Å². The summed E-state index contributed by atoms with van der Waals surface area (Å²) in [6.45, 7) is 3.66. The molecule has 0 bridgehead atoms. The Morgan fingerprint density at radius 2 is 1.88 bits per heavy atom. The maximum atomic E-state index is 6.92. The average Bonchev–Trinajstić information content (AvgIpc) is 2.34. The maximum absolute atomic E-state index is 6.92. The largest absolute Gasteiger partial charge is 0.292 e. The van der Waals surface area contributed by atoms with Gasteiger partial charge in [0.2, 0.25) is 0 Å². The molecule has 100 valence electrons. The van der Waals surface area contributed by atoms with Crippen LogP contribution in [0.1, 0.15) is 51.9 Å². The normalized spacial score (nSPS) is 11.8. The highest BCUT2D eigenvalue weighted by Gasteiger charge is 1.98. The van der Waals surface area contributed by atoms with Crippen molar-refractivity contribution in [1.29, 1.82) is 5.53 Å². The van der Waals surface area contributed by atoms with E-state index >= 15 is 0 Å². The van der Waals surface area contributed by atoms with E-state index in [1.165, 1.54) is 37.9 Å². The molecule has 0 fully saturated rings. The second kappa shape index (κ2) is 13.7. The van der Waals surface area contributed by atoms with Gasteiger partial charge >= 0.3 is 0 Å². The number of rotatable bonds is 12. The van der Waals surface area contributed by atoms with Gasteiger partial charge in [-0.3, -0.25) is 4.99 Å². The Bertz CT molecular complexity index is 205. The molecule has 0 aliphatic rings. The minimum absolute atomic E-state index is 0.503. The van der Waals surface area contributed by atoms with Crippen LogP contribution >= 0.6 is 11.8 Å². The van der Waals surface area contributed by atoms with Crippen LogP contribution in [0.2, 0.25) is 0 Å². The van der Waals surface area contributed by atoms with Gasteiger partial charge in [-0.1, -0.05) is 32.6 Å². The Kier molecular flexibility index (Phi) is 13.4. The number of thioether (sulfide) groups is 1. The van der Waals surface area contributed by atoms with Crippen LogP contribution in [0.15, 0.2) is 10.1 Å². The van der Waals surface area contributed by atoms with Crippen molar-refractivity contribution >= 4 is 17.5 Å². The van der Waals surface area contributed by atoms with Crippen molar-refractivity contribution in [3.05, 3.63) is 0 Å². The second-order valence-electron chi connectivity index (χ2n) is 4.27. The quantitative estimate of drug-likeness (QED) is 0.311. The zero-order chi connectivity index (χ0) is 12.8. The van der Waals surface area contributed by atoms with E-state index in [4.69, 9.17) is 5.53 Å². The third-order valence-corrected chi connectivity index (χ3v) is 3.37. The fourth-order valence-corrected chi connectivity index (χ4v) is 2.11. The molecule has 4 heteroatoms. The Morgan fingerprint density at radius 3 is 2.53 bits per heavy atom. The van der Waals surface area contributed by atoms with E-state index in [-0.39, 0.29) is 0 Å². The molecule has 0 atom stereocenters. The standard InChI is InChI=1S/C13H27N3S/c1-3-4-5-6-7-10-15-13(12-16-14)9-8-11-17-2/h14H,3-12H2,1-2H3. The lowest BCUT2D eigenvalue weighted by atomic mass is 10.1. The summed E-state index contributed by atoms with van der Waals surface area (Å²) in [6.07, 6.45) is 10.7. The van der Waals surface area contributed by atoms with E-state index in [2.05, 4.69) is 23.3 Å². The van der Waals surface area contributed by atoms with E-state index in [1.807, 2.05) is 11.8 Å². The molecule has 0 amide bonds. The number of unbranched alkanes of at least 4 members (excludes halogenated alkanes) is 4. The van der Waals surface area contributed by atoms with Gasteiger partial charge in [-0.05, 0) is 31.3 Å². The van der Waals surface area contributed by atoms with Crippen LogP contribution in [-0.4, -0.2) is 30.8 Å². The molecular weight excluding hydrogens is 230 g/mol. The summed E-state index contributed by atoms with van der Waals surface area (Å²) in [7, 11) is 0. The molecule has 0 heterocycles. The summed E-state index contributed by atoms with van der Waals surface area (Å²) < 4.78 is 0. The molecule has 17 heavy (non-hydrogen) atoms. The van der Waals surface area contributed by atoms with E-state index < -0.39 is 0 Å². The Balaban J connectivity index is 3.66. The predicted molar refractivity (Wildman–Crippen MR) is 78.7 cm³/mol. The summed E-state index contributed by atoms with van der Waals surface area (Å²) in [5, 5.41) is 3.46. The van der Waals surface area contributed by atoms with Crippen LogP contribution in [0.5, 0.6) is 0 Å². The molecule has 3 nitrogen and oxygen atoms in total. The minimum atomic E-state index is 0.503. The molecular formula is C13H27N3S. The number of aliphatic imine (C=N–C) groups is 1. The Hall–Kier alpha value is -0.380. The zero-order valence-electron chi connectivity index (χ0n) is 11.4. The van der Waals surface area contributed by atoms with Crippen molar-refractivity contribution in [2.75, 3.05) is 25.1 Å². The summed E-state index contributed by atoms with van der Waals surface area (Å²) in [4.78, 5) is 4.58. The molecule has 0 aromatic rings. The molecule has 0 aliphatic heterocycles. The monoisotopic (exact) mass is 257 g/mol. The first kappa shape index (κ1) is 16.6. The SMILES string of the molecule is CCCCCCCN=C(CCCSC)CN=N. The van der Waals surface area contributed by atoms with Crippen molar-refractivity contribution in [2.24, 2.45) is 10.1 Å². The number of hydrogen-bond donors (Lipinski definition) is 1. The van der Waals surface area contributed by atoms with E-state index in [0.29, 0.717) is 6.54 Å². The first-order chi connectivity index (χ1) is 8.35. The van der Waals surface area contributed by atoms with Crippen molar-refractivity contribution in [1.82, 2.24) is 0 Å². The second-order valence-corrected chi connectivity index (χ2v) is 5.26. The van der Waals surface area contributed by atoms with Crippen LogP contribution in [0.3, 0.4) is 0 Å². The molecule has 0 unspecified atom stereocenters. The van der Waals surface area contributed by atoms with Gasteiger partial charge in [0.25, 0.3) is 0 Å². The van der Waals surface area contributed by atoms with Crippen LogP contribution in [0.4, 0.5) is 0 Å². The van der Waals surface area contributed by atoms with Gasteiger partial charge in [-0.2, -0.15) is 16.9 Å². The third-order valence-electron chi connectivity index (χ3n) is 2.67. The predicted octanol–water partition coefficient (Wildman–Crippen LogP) is 4.57. The van der Waals surface area contributed by atoms with Crippen LogP contribution in [0.25, 0.3) is 0 Å². The first-order valence-electron chi connectivity index (χ1n) is 6.69. The number of nitrogens with zero attached hydrogens (tertiary/aromatic N) is 2. The summed E-state index contributed by atoms with van der Waals surface area (Å²) >= 11 is 1.87. The highest BCUT2D eigenvalue weighted by atomic mass is 32.2. The van der Waals surface area contributed by atoms with Crippen molar-refractivity contribution in [3.63, 3.8) is 0 Å². The van der Waals surface area contributed by atoms with Crippen LogP contribution < -0.4 is 0 Å². The molecule has 0 aromatic carbocycles. The van der Waals surface area contributed by atoms with E-state index in [0.717, 1.165) is 25.1 Å². The van der Waals surface area contributed by atoms with Crippen LogP contribution in [-0.2, 0) is 0 Å². The van der Waals surface area contributed by atoms with Gasteiger partial charge in [0.1, 0.15) is 0 Å². The molecule has 0 aliphatic carbocycles. The minimum Gasteiger partial charge on any atom is -0.292 e. The molecule has 0 rings (SSSR count). The van der Waals surface area contributed by atoms with Crippen molar-refractivity contribution < 1.29 is 0 Å². The van der Waals surface area contributed by atoms with Gasteiger partial charge in [0.15, 0.2) is 0 Å². The van der Waals surface area contributed by atoms with Crippen molar-refractivity contribution in [2.45, 2.75) is 51.9 Å². The summed E-state index contributed by atoms with van der Waals surface area (Å²) in [5.41, 5.74) is 8.04. The van der Waals surface area contributed by atoms with Gasteiger partial charge in [0, 0.05) is 12.3 Å². The van der Waals surface area contributed by atoms with Gasteiger partial charge < -0.3 is 0 Å². The molecule has 0 saturated heterocycles. The highest BCUT2D eigenvalue weighted by Crippen LogP contribution is 2.05. The lowest BCUT2D eigenvalue weighted by Crippen LogP contribution is -2.04. The number of nitrogens with one attached hydrogen (secondary N) is 1. The van der Waals surface area contributed by atoms with E-state index in [9.17, 15) is 0 Å². The molecule has 0 saturated carbocycles. The lowest BCUT2D eigenvalue weighted by Gasteiger charge is -2.03. The Labute approximate surface area is 110 Å². The average molecular weight is 257 g/mol. The maximum Gasteiger partial charge on any atom is 0.0974 e. The fraction of sp³-hybridized carbons (Fsp3) is 0.923. The zero-order valence-corrected chi connectivity index (χ0v) is 12.2. The summed E-state index contributed by atoms with van der Waals surface area (Å²) in [5.74, 6) is 1.17. The highest BCUT2D eigenvalue weighted by molar-refractivity contribution is 7.98. The van der Waals surface area contributed by atoms with Gasteiger partial charge in [-0.15, -0.1) is 0 Å². The van der Waals surface area contributed by atoms with E-state index in [1.54, 1.807) is 0 Å². The van der Waals surface area contributed by atoms with Crippen molar-refractivity contribution in [3.8, 4) is 0 Å².